The molecule has 0 bridgehead atoms. The van der Waals surface area contributed by atoms with E-state index in [-0.39, 0.29) is 0 Å². The van der Waals surface area contributed by atoms with Gasteiger partial charge in [0.05, 0.1) is 7.11 Å². The molecule has 0 saturated heterocycles. The fourth-order valence-electron chi connectivity index (χ4n) is 2.46. The average Bonchev–Trinajstić information content (AvgIpc) is 2.44. The van der Waals surface area contributed by atoms with E-state index < -0.39 is 0 Å². The highest BCUT2D eigenvalue weighted by Gasteiger charge is 2.13. The van der Waals surface area contributed by atoms with Crippen molar-refractivity contribution in [3.8, 4) is 5.75 Å². The van der Waals surface area contributed by atoms with Crippen LogP contribution < -0.4 is 10.1 Å². The van der Waals surface area contributed by atoms with Crippen LogP contribution in [-0.2, 0) is 6.42 Å². The number of ether oxygens (including phenoxy) is 1. The molecule has 0 aliphatic carbocycles. The van der Waals surface area contributed by atoms with Gasteiger partial charge in [-0.25, -0.2) is 0 Å². The molecular weight excluding hydrogens is 234 g/mol. The van der Waals surface area contributed by atoms with Crippen molar-refractivity contribution in [3.05, 3.63) is 29.8 Å². The summed E-state index contributed by atoms with van der Waals surface area (Å²) in [7, 11) is 1.73. The maximum absolute atomic E-state index is 5.30. The van der Waals surface area contributed by atoms with Gasteiger partial charge < -0.3 is 10.1 Å². The molecule has 0 aromatic heterocycles. The van der Waals surface area contributed by atoms with Crippen molar-refractivity contribution in [1.82, 2.24) is 5.32 Å². The molecule has 2 heteroatoms. The van der Waals surface area contributed by atoms with Crippen molar-refractivity contribution in [2.75, 3.05) is 20.2 Å². The zero-order valence-electron chi connectivity index (χ0n) is 12.9. The van der Waals surface area contributed by atoms with Gasteiger partial charge in [0, 0.05) is 0 Å². The molecule has 0 radical (unpaired) electrons. The molecule has 2 unspecified atom stereocenters. The lowest BCUT2D eigenvalue weighted by atomic mass is 9.89. The first-order valence-electron chi connectivity index (χ1n) is 7.53. The molecule has 0 spiro atoms. The number of hydrogen-bond acceptors (Lipinski definition) is 2. The van der Waals surface area contributed by atoms with E-state index in [4.69, 9.17) is 4.74 Å². The molecule has 0 aliphatic rings. The van der Waals surface area contributed by atoms with Gasteiger partial charge in [-0.15, -0.1) is 0 Å². The van der Waals surface area contributed by atoms with Crippen molar-refractivity contribution in [3.63, 3.8) is 0 Å². The largest absolute Gasteiger partial charge is 0.497 e. The topological polar surface area (TPSA) is 21.3 Å². The Hall–Kier alpha value is -1.02. The van der Waals surface area contributed by atoms with E-state index >= 15 is 0 Å². The van der Waals surface area contributed by atoms with Gasteiger partial charge in [0.25, 0.3) is 0 Å². The lowest BCUT2D eigenvalue weighted by Crippen LogP contribution is -2.25. The van der Waals surface area contributed by atoms with Crippen molar-refractivity contribution in [2.24, 2.45) is 11.8 Å². The van der Waals surface area contributed by atoms with Crippen LogP contribution in [0.2, 0.25) is 0 Å². The Balaban J connectivity index is 2.63. The molecule has 108 valence electrons. The molecule has 1 rings (SSSR count). The summed E-state index contributed by atoms with van der Waals surface area (Å²) in [6.45, 7) is 8.96. The first-order chi connectivity index (χ1) is 9.19. The van der Waals surface area contributed by atoms with Crippen LogP contribution in [0, 0.1) is 11.8 Å². The van der Waals surface area contributed by atoms with Crippen LogP contribution in [0.15, 0.2) is 24.3 Å². The van der Waals surface area contributed by atoms with Gasteiger partial charge in [0.1, 0.15) is 5.75 Å². The smallest absolute Gasteiger partial charge is 0.119 e. The number of rotatable bonds is 9. The van der Waals surface area contributed by atoms with Crippen LogP contribution >= 0.6 is 0 Å². The molecule has 19 heavy (non-hydrogen) atoms. The van der Waals surface area contributed by atoms with Crippen LogP contribution in [-0.4, -0.2) is 20.2 Å². The quantitative estimate of drug-likeness (QED) is 0.729. The molecule has 2 atom stereocenters. The Morgan fingerprint density at radius 2 is 2.05 bits per heavy atom. The lowest BCUT2D eigenvalue weighted by molar-refractivity contribution is 0.364. The summed E-state index contributed by atoms with van der Waals surface area (Å²) >= 11 is 0. The predicted molar refractivity (Wildman–Crippen MR) is 82.8 cm³/mol. The van der Waals surface area contributed by atoms with Crippen LogP contribution in [0.4, 0.5) is 0 Å². The van der Waals surface area contributed by atoms with Crippen LogP contribution in [0.3, 0.4) is 0 Å². The molecule has 1 N–H and O–H groups in total. The number of hydrogen-bond donors (Lipinski definition) is 1. The zero-order chi connectivity index (χ0) is 14.1. The summed E-state index contributed by atoms with van der Waals surface area (Å²) in [4.78, 5) is 0. The minimum absolute atomic E-state index is 0.710. The fourth-order valence-corrected chi connectivity index (χ4v) is 2.46. The van der Waals surface area contributed by atoms with E-state index in [9.17, 15) is 0 Å². The van der Waals surface area contributed by atoms with E-state index in [2.05, 4.69) is 44.3 Å². The van der Waals surface area contributed by atoms with E-state index in [0.717, 1.165) is 31.2 Å². The second-order valence-electron chi connectivity index (χ2n) is 5.48. The summed E-state index contributed by atoms with van der Waals surface area (Å²) in [5.74, 6) is 2.47. The summed E-state index contributed by atoms with van der Waals surface area (Å²) in [6, 6.07) is 8.47. The minimum Gasteiger partial charge on any atom is -0.497 e. The standard InChI is InChI=1S/C17H29NO/c1-5-14(3)10-16(13-18-6-2)11-15-8-7-9-17(12-15)19-4/h7-9,12,14,16,18H,5-6,10-11,13H2,1-4H3. The third kappa shape index (κ3) is 6.11. The van der Waals surface area contributed by atoms with Crippen LogP contribution in [0.5, 0.6) is 5.75 Å². The maximum Gasteiger partial charge on any atom is 0.119 e. The first kappa shape index (κ1) is 16.0. The van der Waals surface area contributed by atoms with Crippen LogP contribution in [0.25, 0.3) is 0 Å². The summed E-state index contributed by atoms with van der Waals surface area (Å²) in [5.41, 5.74) is 1.38. The van der Waals surface area contributed by atoms with Gasteiger partial charge in [-0.2, -0.15) is 0 Å². The highest BCUT2D eigenvalue weighted by atomic mass is 16.5. The molecule has 0 fully saturated rings. The second-order valence-corrected chi connectivity index (χ2v) is 5.48. The van der Waals surface area contributed by atoms with E-state index in [1.165, 1.54) is 18.4 Å². The maximum atomic E-state index is 5.30. The van der Waals surface area contributed by atoms with Gasteiger partial charge in [0.2, 0.25) is 0 Å². The molecule has 0 aliphatic heterocycles. The second kappa shape index (κ2) is 8.98. The third-order valence-corrected chi connectivity index (χ3v) is 3.77. The Kier molecular flexibility index (Phi) is 7.57. The van der Waals surface area contributed by atoms with Crippen molar-refractivity contribution < 1.29 is 4.74 Å². The lowest BCUT2D eigenvalue weighted by Gasteiger charge is -2.21. The molecule has 0 heterocycles. The predicted octanol–water partition coefficient (Wildman–Crippen LogP) is 3.90. The van der Waals surface area contributed by atoms with Gasteiger partial charge in [-0.05, 0) is 55.5 Å². The highest BCUT2D eigenvalue weighted by Crippen LogP contribution is 2.21. The normalized spacial score (nSPS) is 14.1. The van der Waals surface area contributed by atoms with Crippen molar-refractivity contribution in [1.29, 1.82) is 0 Å². The van der Waals surface area contributed by atoms with Crippen LogP contribution in [0.1, 0.15) is 39.2 Å². The zero-order valence-corrected chi connectivity index (χ0v) is 12.9. The monoisotopic (exact) mass is 263 g/mol. The van der Waals surface area contributed by atoms with Gasteiger partial charge in [0.15, 0.2) is 0 Å². The molecular formula is C17H29NO. The third-order valence-electron chi connectivity index (χ3n) is 3.77. The van der Waals surface area contributed by atoms with E-state index in [0.29, 0.717) is 5.92 Å². The summed E-state index contributed by atoms with van der Waals surface area (Å²) in [5, 5.41) is 3.50. The Bertz CT molecular complexity index is 351. The van der Waals surface area contributed by atoms with Gasteiger partial charge >= 0.3 is 0 Å². The summed E-state index contributed by atoms with van der Waals surface area (Å²) < 4.78 is 5.30. The molecule has 2 nitrogen and oxygen atoms in total. The SMILES string of the molecule is CCNCC(Cc1cccc(OC)c1)CC(C)CC. The number of methoxy groups -OCH3 is 1. The molecule has 0 saturated carbocycles. The highest BCUT2D eigenvalue weighted by molar-refractivity contribution is 5.28. The Labute approximate surface area is 118 Å². The minimum atomic E-state index is 0.710. The van der Waals surface area contributed by atoms with Crippen molar-refractivity contribution >= 4 is 0 Å². The number of benzene rings is 1. The Morgan fingerprint density at radius 3 is 2.68 bits per heavy atom. The van der Waals surface area contributed by atoms with Gasteiger partial charge in [-0.3, -0.25) is 0 Å². The molecule has 1 aromatic carbocycles. The molecule has 0 amide bonds. The average molecular weight is 263 g/mol. The van der Waals surface area contributed by atoms with E-state index in [1.807, 2.05) is 6.07 Å². The molecule has 1 aromatic rings. The van der Waals surface area contributed by atoms with Gasteiger partial charge in [-0.1, -0.05) is 39.3 Å². The number of nitrogens with one attached hydrogen (secondary N) is 1. The fraction of sp³-hybridized carbons (Fsp3) is 0.647. The van der Waals surface area contributed by atoms with E-state index in [1.54, 1.807) is 7.11 Å². The van der Waals surface area contributed by atoms with Crippen molar-refractivity contribution in [2.45, 2.75) is 40.0 Å². The Morgan fingerprint density at radius 1 is 1.26 bits per heavy atom. The first-order valence-corrected chi connectivity index (χ1v) is 7.53. The summed E-state index contributed by atoms with van der Waals surface area (Å²) in [6.07, 6.45) is 3.69.